The summed E-state index contributed by atoms with van der Waals surface area (Å²) in [4.78, 5) is 3.91. The Morgan fingerprint density at radius 2 is 2.03 bits per heavy atom. The topological polar surface area (TPSA) is 129 Å². The number of aryl methyl sites for hydroxylation is 1. The molecule has 0 aliphatic rings. The smallest absolute Gasteiger partial charge is 0.263 e. The van der Waals surface area contributed by atoms with Gasteiger partial charge in [0, 0.05) is 48.3 Å². The molecule has 2 heterocycles. The van der Waals surface area contributed by atoms with Gasteiger partial charge in [-0.2, -0.15) is 5.10 Å². The molecule has 0 bridgehead atoms. The Hall–Kier alpha value is -3.47. The molecule has 0 radical (unpaired) electrons. The van der Waals surface area contributed by atoms with E-state index in [2.05, 4.69) is 32.1 Å². The van der Waals surface area contributed by atoms with Gasteiger partial charge in [-0.25, -0.2) is 8.42 Å². The van der Waals surface area contributed by atoms with Crippen molar-refractivity contribution in [3.05, 3.63) is 78.2 Å². The number of aliphatic hydroxyl groups is 1. The molecule has 4 N–H and O–H groups in total. The highest BCUT2D eigenvalue weighted by Gasteiger charge is 2.15. The van der Waals surface area contributed by atoms with Gasteiger partial charge in [-0.3, -0.25) is 14.8 Å². The third-order valence-corrected chi connectivity index (χ3v) is 6.68. The second-order valence-corrected chi connectivity index (χ2v) is 9.41. The summed E-state index contributed by atoms with van der Waals surface area (Å²) in [6, 6.07) is 15.5. The lowest BCUT2D eigenvalue weighted by Crippen LogP contribution is -2.26. The number of ether oxygens (including phenoxy) is 1. The Bertz CT molecular complexity index is 1340. The largest absolute Gasteiger partial charge is 0.492 e. The number of anilines is 1. The predicted octanol–water partition coefficient (Wildman–Crippen LogP) is 3.02. The van der Waals surface area contributed by atoms with E-state index >= 15 is 0 Å². The SMILES string of the molecule is CCc1[nH]nc2cc(OCCNCC(O)c3cccc(NS(=O)(=O)c4cccnc4)c3)ccc12. The van der Waals surface area contributed by atoms with Crippen molar-refractivity contribution in [2.75, 3.05) is 24.4 Å². The number of sulfonamides is 1. The number of hydrogen-bond acceptors (Lipinski definition) is 7. The predicted molar refractivity (Wildman–Crippen MR) is 130 cm³/mol. The normalized spacial score (nSPS) is 12.5. The maximum absolute atomic E-state index is 12.5. The number of aromatic nitrogens is 3. The van der Waals surface area contributed by atoms with E-state index in [1.165, 1.54) is 18.5 Å². The second-order valence-electron chi connectivity index (χ2n) is 7.72. The van der Waals surface area contributed by atoms with Gasteiger partial charge in [0.05, 0.1) is 11.6 Å². The number of hydrogen-bond donors (Lipinski definition) is 4. The average Bonchev–Trinajstić information content (AvgIpc) is 3.26. The third-order valence-electron chi connectivity index (χ3n) is 5.31. The molecule has 178 valence electrons. The quantitative estimate of drug-likeness (QED) is 0.242. The summed E-state index contributed by atoms with van der Waals surface area (Å²) in [5.74, 6) is 0.734. The molecule has 0 aliphatic heterocycles. The molecule has 2 aromatic carbocycles. The van der Waals surface area contributed by atoms with Crippen molar-refractivity contribution in [1.82, 2.24) is 20.5 Å². The minimum absolute atomic E-state index is 0.0693. The van der Waals surface area contributed by atoms with Crippen molar-refractivity contribution in [3.63, 3.8) is 0 Å². The van der Waals surface area contributed by atoms with Crippen molar-refractivity contribution in [3.8, 4) is 5.75 Å². The Kier molecular flexibility index (Phi) is 7.41. The molecule has 4 rings (SSSR count). The zero-order valence-corrected chi connectivity index (χ0v) is 19.5. The molecule has 0 amide bonds. The van der Waals surface area contributed by atoms with E-state index < -0.39 is 16.1 Å². The van der Waals surface area contributed by atoms with Crippen molar-refractivity contribution < 1.29 is 18.3 Å². The zero-order valence-electron chi connectivity index (χ0n) is 18.7. The fraction of sp³-hybridized carbons (Fsp3) is 0.250. The number of benzene rings is 2. The van der Waals surface area contributed by atoms with Crippen molar-refractivity contribution in [2.45, 2.75) is 24.3 Å². The highest BCUT2D eigenvalue weighted by molar-refractivity contribution is 7.92. The lowest BCUT2D eigenvalue weighted by atomic mass is 10.1. The lowest BCUT2D eigenvalue weighted by Gasteiger charge is -2.14. The monoisotopic (exact) mass is 481 g/mol. The van der Waals surface area contributed by atoms with E-state index in [4.69, 9.17) is 4.74 Å². The average molecular weight is 482 g/mol. The van der Waals surface area contributed by atoms with Crippen molar-refractivity contribution >= 4 is 26.6 Å². The molecule has 0 aliphatic carbocycles. The standard InChI is InChI=1S/C24H27N5O4S/c1-2-22-21-9-8-19(14-23(21)28-27-22)33-12-11-26-16-24(30)17-5-3-6-18(13-17)29-34(31,32)20-7-4-10-25-15-20/h3-10,13-15,24,26,29-30H,2,11-12,16H2,1H3,(H,27,28). The van der Waals surface area contributed by atoms with E-state index in [1.807, 2.05) is 18.2 Å². The first-order valence-corrected chi connectivity index (χ1v) is 12.5. The van der Waals surface area contributed by atoms with Crippen molar-refractivity contribution in [1.29, 1.82) is 0 Å². The summed E-state index contributed by atoms with van der Waals surface area (Å²) >= 11 is 0. The molecular formula is C24H27N5O4S. The molecular weight excluding hydrogens is 454 g/mol. The van der Waals surface area contributed by atoms with Crippen LogP contribution in [0.1, 0.15) is 24.3 Å². The van der Waals surface area contributed by atoms with Gasteiger partial charge in [-0.1, -0.05) is 19.1 Å². The van der Waals surface area contributed by atoms with E-state index in [1.54, 1.807) is 30.3 Å². The highest BCUT2D eigenvalue weighted by Crippen LogP contribution is 2.22. The molecule has 1 atom stereocenters. The fourth-order valence-electron chi connectivity index (χ4n) is 3.53. The maximum Gasteiger partial charge on any atom is 0.263 e. The van der Waals surface area contributed by atoms with Crippen LogP contribution in [0.15, 0.2) is 71.9 Å². The van der Waals surface area contributed by atoms with Crippen molar-refractivity contribution in [2.24, 2.45) is 0 Å². The third kappa shape index (κ3) is 5.71. The van der Waals surface area contributed by atoms with Crippen LogP contribution in [0.4, 0.5) is 5.69 Å². The molecule has 2 aromatic heterocycles. The van der Waals surface area contributed by atoms with Crippen LogP contribution >= 0.6 is 0 Å². The molecule has 0 saturated heterocycles. The molecule has 34 heavy (non-hydrogen) atoms. The van der Waals surface area contributed by atoms with Gasteiger partial charge in [0.2, 0.25) is 0 Å². The lowest BCUT2D eigenvalue weighted by molar-refractivity contribution is 0.172. The van der Waals surface area contributed by atoms with Gasteiger partial charge in [0.25, 0.3) is 10.0 Å². The van der Waals surface area contributed by atoms with Gasteiger partial charge >= 0.3 is 0 Å². The van der Waals surface area contributed by atoms with Crippen LogP contribution in [-0.4, -0.2) is 48.4 Å². The number of aliphatic hydroxyl groups excluding tert-OH is 1. The fourth-order valence-corrected chi connectivity index (χ4v) is 4.55. The number of nitrogens with zero attached hydrogens (tertiary/aromatic N) is 2. The number of fused-ring (bicyclic) bond motifs is 1. The van der Waals surface area contributed by atoms with Gasteiger partial charge in [0.1, 0.15) is 17.3 Å². The molecule has 0 spiro atoms. The molecule has 10 heteroatoms. The number of aromatic amines is 1. The highest BCUT2D eigenvalue weighted by atomic mass is 32.2. The van der Waals surface area contributed by atoms with E-state index in [9.17, 15) is 13.5 Å². The summed E-state index contributed by atoms with van der Waals surface area (Å²) in [7, 11) is -3.75. The maximum atomic E-state index is 12.5. The van der Waals surface area contributed by atoms with Crippen LogP contribution < -0.4 is 14.8 Å². The summed E-state index contributed by atoms with van der Waals surface area (Å²) < 4.78 is 33.3. The van der Waals surface area contributed by atoms with Gasteiger partial charge < -0.3 is 15.2 Å². The molecule has 9 nitrogen and oxygen atoms in total. The van der Waals surface area contributed by atoms with Crippen LogP contribution in [0, 0.1) is 0 Å². The molecule has 0 saturated carbocycles. The Morgan fingerprint density at radius 3 is 2.82 bits per heavy atom. The minimum atomic E-state index is -3.75. The zero-order chi connectivity index (χ0) is 24.0. The first-order chi connectivity index (χ1) is 16.5. The molecule has 4 aromatic rings. The van der Waals surface area contributed by atoms with Crippen LogP contribution in [-0.2, 0) is 16.4 Å². The number of rotatable bonds is 11. The van der Waals surface area contributed by atoms with Gasteiger partial charge in [-0.15, -0.1) is 0 Å². The van der Waals surface area contributed by atoms with E-state index in [0.29, 0.717) is 30.9 Å². The number of pyridine rings is 1. The minimum Gasteiger partial charge on any atom is -0.492 e. The van der Waals surface area contributed by atoms with Crippen LogP contribution in [0.5, 0.6) is 5.75 Å². The van der Waals surface area contributed by atoms with E-state index in [0.717, 1.165) is 28.8 Å². The first kappa shape index (κ1) is 23.7. The number of nitrogens with one attached hydrogen (secondary N) is 3. The summed E-state index contributed by atoms with van der Waals surface area (Å²) in [5.41, 5.74) is 2.93. The number of H-pyrrole nitrogens is 1. The van der Waals surface area contributed by atoms with Gasteiger partial charge in [0.15, 0.2) is 0 Å². The van der Waals surface area contributed by atoms with E-state index in [-0.39, 0.29) is 4.90 Å². The van der Waals surface area contributed by atoms with Gasteiger partial charge in [-0.05, 0) is 48.4 Å². The molecule has 0 fully saturated rings. The summed E-state index contributed by atoms with van der Waals surface area (Å²) in [5, 5.41) is 22.1. The Labute approximate surface area is 198 Å². The Balaban J connectivity index is 1.26. The first-order valence-electron chi connectivity index (χ1n) is 11.0. The van der Waals surface area contributed by atoms with Crippen LogP contribution in [0.3, 0.4) is 0 Å². The second kappa shape index (κ2) is 10.6. The summed E-state index contributed by atoms with van der Waals surface area (Å²) in [6.07, 6.45) is 2.87. The molecule has 1 unspecified atom stereocenters. The summed E-state index contributed by atoms with van der Waals surface area (Å²) in [6.45, 7) is 3.33. The van der Waals surface area contributed by atoms with Crippen LogP contribution in [0.25, 0.3) is 10.9 Å². The van der Waals surface area contributed by atoms with Crippen LogP contribution in [0.2, 0.25) is 0 Å². The Morgan fingerprint density at radius 1 is 1.15 bits per heavy atom.